The molecule has 0 bridgehead atoms. The van der Waals surface area contributed by atoms with Gasteiger partial charge in [-0.05, 0) is 30.3 Å². The van der Waals surface area contributed by atoms with Crippen LogP contribution in [0, 0.1) is 0 Å². The molecule has 8 nitrogen and oxygen atoms in total. The Labute approximate surface area is 167 Å². The molecule has 0 amide bonds. The van der Waals surface area contributed by atoms with Gasteiger partial charge in [-0.1, -0.05) is 0 Å². The number of aromatic nitrogens is 4. The summed E-state index contributed by atoms with van der Waals surface area (Å²) >= 11 is 0. The molecule has 146 valence electrons. The highest BCUT2D eigenvalue weighted by Crippen LogP contribution is 2.28. The summed E-state index contributed by atoms with van der Waals surface area (Å²) in [6, 6.07) is 9.97. The molecule has 0 N–H and O–H groups in total. The molecule has 3 aromatic heterocycles. The topological polar surface area (TPSA) is 80.4 Å². The number of ether oxygens (including phenoxy) is 1. The van der Waals surface area contributed by atoms with Crippen LogP contribution in [0.3, 0.4) is 0 Å². The molecule has 1 aromatic carbocycles. The zero-order chi connectivity index (χ0) is 19.6. The number of anilines is 2. The van der Waals surface area contributed by atoms with Crippen molar-refractivity contribution >= 4 is 22.7 Å². The van der Waals surface area contributed by atoms with Crippen molar-refractivity contribution in [2.75, 3.05) is 43.1 Å². The van der Waals surface area contributed by atoms with Gasteiger partial charge in [-0.25, -0.2) is 15.0 Å². The van der Waals surface area contributed by atoms with Crippen LogP contribution >= 0.6 is 0 Å². The lowest BCUT2D eigenvalue weighted by Gasteiger charge is -2.36. The van der Waals surface area contributed by atoms with Crippen LogP contribution in [0.15, 0.2) is 59.5 Å². The SMILES string of the molecule is COc1cnc(N2CCN(c3ccc4oc(-c5cccnc5)nc4c3)CC2)nc1. The zero-order valence-electron chi connectivity index (χ0n) is 16.0. The highest BCUT2D eigenvalue weighted by molar-refractivity contribution is 5.80. The lowest BCUT2D eigenvalue weighted by atomic mass is 10.2. The number of benzene rings is 1. The third-order valence-electron chi connectivity index (χ3n) is 5.06. The van der Waals surface area contributed by atoms with Gasteiger partial charge in [0.05, 0.1) is 25.1 Å². The van der Waals surface area contributed by atoms with E-state index in [2.05, 4.69) is 41.9 Å². The molecule has 0 saturated carbocycles. The molecular weight excluding hydrogens is 368 g/mol. The van der Waals surface area contributed by atoms with E-state index >= 15 is 0 Å². The molecule has 0 atom stereocenters. The first-order chi connectivity index (χ1) is 14.3. The number of hydrogen-bond acceptors (Lipinski definition) is 8. The molecule has 1 fully saturated rings. The van der Waals surface area contributed by atoms with Crippen LogP contribution in [0.25, 0.3) is 22.6 Å². The Morgan fingerprint density at radius 2 is 1.76 bits per heavy atom. The second-order valence-corrected chi connectivity index (χ2v) is 6.81. The van der Waals surface area contributed by atoms with Gasteiger partial charge in [0, 0.05) is 44.3 Å². The summed E-state index contributed by atoms with van der Waals surface area (Å²) in [6.45, 7) is 3.47. The normalized spacial score (nSPS) is 14.4. The molecule has 1 aliphatic heterocycles. The quantitative estimate of drug-likeness (QED) is 0.528. The summed E-state index contributed by atoms with van der Waals surface area (Å²) in [7, 11) is 1.61. The van der Waals surface area contributed by atoms with E-state index in [1.807, 2.05) is 18.2 Å². The van der Waals surface area contributed by atoms with Crippen molar-refractivity contribution in [3.63, 3.8) is 0 Å². The van der Waals surface area contributed by atoms with Gasteiger partial charge in [-0.2, -0.15) is 0 Å². The number of oxazole rings is 1. The van der Waals surface area contributed by atoms with E-state index in [4.69, 9.17) is 9.15 Å². The molecule has 1 saturated heterocycles. The second-order valence-electron chi connectivity index (χ2n) is 6.81. The van der Waals surface area contributed by atoms with Crippen LogP contribution in [0.4, 0.5) is 11.6 Å². The van der Waals surface area contributed by atoms with Gasteiger partial charge in [0.1, 0.15) is 5.52 Å². The molecule has 0 spiro atoms. The van der Waals surface area contributed by atoms with E-state index < -0.39 is 0 Å². The number of nitrogens with zero attached hydrogens (tertiary/aromatic N) is 6. The molecule has 0 aliphatic carbocycles. The predicted octanol–water partition coefficient (Wildman–Crippen LogP) is 3.02. The van der Waals surface area contributed by atoms with E-state index in [9.17, 15) is 0 Å². The minimum atomic E-state index is 0.590. The number of hydrogen-bond donors (Lipinski definition) is 0. The summed E-state index contributed by atoms with van der Waals surface area (Å²) in [6.07, 6.45) is 6.90. The van der Waals surface area contributed by atoms with Gasteiger partial charge in [0.15, 0.2) is 11.3 Å². The fraction of sp³-hybridized carbons (Fsp3) is 0.238. The predicted molar refractivity (Wildman–Crippen MR) is 110 cm³/mol. The second kappa shape index (κ2) is 7.38. The van der Waals surface area contributed by atoms with Gasteiger partial charge in [0.25, 0.3) is 0 Å². The fourth-order valence-corrected chi connectivity index (χ4v) is 3.47. The van der Waals surface area contributed by atoms with Gasteiger partial charge in [0.2, 0.25) is 11.8 Å². The van der Waals surface area contributed by atoms with E-state index in [0.29, 0.717) is 11.6 Å². The van der Waals surface area contributed by atoms with Crippen LogP contribution in [0.5, 0.6) is 5.75 Å². The lowest BCUT2D eigenvalue weighted by Crippen LogP contribution is -2.47. The lowest BCUT2D eigenvalue weighted by molar-refractivity contribution is 0.410. The molecule has 29 heavy (non-hydrogen) atoms. The Balaban J connectivity index is 1.31. The fourth-order valence-electron chi connectivity index (χ4n) is 3.47. The van der Waals surface area contributed by atoms with Crippen LogP contribution in [-0.2, 0) is 0 Å². The van der Waals surface area contributed by atoms with Crippen molar-refractivity contribution in [2.24, 2.45) is 0 Å². The zero-order valence-corrected chi connectivity index (χ0v) is 16.0. The van der Waals surface area contributed by atoms with Gasteiger partial charge in [-0.3, -0.25) is 4.98 Å². The van der Waals surface area contributed by atoms with Crippen molar-refractivity contribution in [3.8, 4) is 17.2 Å². The number of rotatable bonds is 4. The summed E-state index contributed by atoms with van der Waals surface area (Å²) < 4.78 is 11.0. The van der Waals surface area contributed by atoms with Crippen LogP contribution < -0.4 is 14.5 Å². The molecule has 4 heterocycles. The maximum absolute atomic E-state index is 5.89. The van der Waals surface area contributed by atoms with Crippen molar-refractivity contribution in [3.05, 3.63) is 55.1 Å². The van der Waals surface area contributed by atoms with E-state index in [0.717, 1.165) is 54.5 Å². The molecule has 8 heteroatoms. The van der Waals surface area contributed by atoms with Crippen LogP contribution in [0.1, 0.15) is 0 Å². The highest BCUT2D eigenvalue weighted by Gasteiger charge is 2.20. The monoisotopic (exact) mass is 388 g/mol. The Bertz CT molecular complexity index is 1110. The van der Waals surface area contributed by atoms with Gasteiger partial charge >= 0.3 is 0 Å². The number of piperazine rings is 1. The smallest absolute Gasteiger partial charge is 0.228 e. The standard InChI is InChI=1S/C21H20N6O2/c1-28-17-13-23-21(24-14-17)27-9-7-26(8-10-27)16-4-5-19-18(11-16)25-20(29-19)15-3-2-6-22-12-15/h2-6,11-14H,7-10H2,1H3. The molecule has 5 rings (SSSR count). The summed E-state index contributed by atoms with van der Waals surface area (Å²) in [5.41, 5.74) is 3.64. The number of pyridine rings is 1. The first-order valence-electron chi connectivity index (χ1n) is 9.47. The van der Waals surface area contributed by atoms with Crippen molar-refractivity contribution < 1.29 is 9.15 Å². The summed E-state index contributed by atoms with van der Waals surface area (Å²) in [4.78, 5) is 22.1. The van der Waals surface area contributed by atoms with E-state index in [-0.39, 0.29) is 0 Å². The van der Waals surface area contributed by atoms with Gasteiger partial charge in [-0.15, -0.1) is 0 Å². The Morgan fingerprint density at radius 3 is 2.48 bits per heavy atom. The largest absolute Gasteiger partial charge is 0.494 e. The highest BCUT2D eigenvalue weighted by atomic mass is 16.5. The molecule has 0 unspecified atom stereocenters. The average Bonchev–Trinajstić information content (AvgIpc) is 3.23. The third kappa shape index (κ3) is 3.44. The average molecular weight is 388 g/mol. The Morgan fingerprint density at radius 1 is 0.966 bits per heavy atom. The number of fused-ring (bicyclic) bond motifs is 1. The Hall–Kier alpha value is -3.68. The minimum absolute atomic E-state index is 0.590. The van der Waals surface area contributed by atoms with Crippen molar-refractivity contribution in [1.29, 1.82) is 0 Å². The first-order valence-corrected chi connectivity index (χ1v) is 9.47. The van der Waals surface area contributed by atoms with E-state index in [1.165, 1.54) is 0 Å². The van der Waals surface area contributed by atoms with Crippen LogP contribution in [-0.4, -0.2) is 53.2 Å². The third-order valence-corrected chi connectivity index (χ3v) is 5.06. The van der Waals surface area contributed by atoms with Crippen molar-refractivity contribution in [1.82, 2.24) is 19.9 Å². The summed E-state index contributed by atoms with van der Waals surface area (Å²) in [5.74, 6) is 1.99. The van der Waals surface area contributed by atoms with Crippen molar-refractivity contribution in [2.45, 2.75) is 0 Å². The van der Waals surface area contributed by atoms with Gasteiger partial charge < -0.3 is 19.0 Å². The maximum Gasteiger partial charge on any atom is 0.228 e. The molecule has 4 aromatic rings. The van der Waals surface area contributed by atoms with Crippen LogP contribution in [0.2, 0.25) is 0 Å². The first kappa shape index (κ1) is 17.4. The molecule has 0 radical (unpaired) electrons. The molecule has 1 aliphatic rings. The van der Waals surface area contributed by atoms with E-state index in [1.54, 1.807) is 31.9 Å². The molecular formula is C21H20N6O2. The Kier molecular flexibility index (Phi) is 4.44. The maximum atomic E-state index is 5.89. The number of methoxy groups -OCH3 is 1. The minimum Gasteiger partial charge on any atom is -0.494 e. The summed E-state index contributed by atoms with van der Waals surface area (Å²) in [5, 5.41) is 0.